The van der Waals surface area contributed by atoms with Gasteiger partial charge in [0.1, 0.15) is 0 Å². The predicted molar refractivity (Wildman–Crippen MR) is 68.9 cm³/mol. The SMILES string of the molecule is NNC(CCCCl)Cc1ccc(Br)cc1. The Morgan fingerprint density at radius 3 is 2.53 bits per heavy atom. The first-order chi connectivity index (χ1) is 7.26. The monoisotopic (exact) mass is 290 g/mol. The van der Waals surface area contributed by atoms with Crippen molar-refractivity contribution in [3.05, 3.63) is 34.3 Å². The van der Waals surface area contributed by atoms with Crippen molar-refractivity contribution in [1.82, 2.24) is 5.43 Å². The van der Waals surface area contributed by atoms with E-state index in [1.807, 2.05) is 12.1 Å². The van der Waals surface area contributed by atoms with Gasteiger partial charge in [0.25, 0.3) is 0 Å². The first kappa shape index (κ1) is 13.0. The molecule has 1 aromatic rings. The van der Waals surface area contributed by atoms with Crippen LogP contribution in [0.2, 0.25) is 0 Å². The van der Waals surface area contributed by atoms with Crippen molar-refractivity contribution in [3.8, 4) is 0 Å². The number of halogens is 2. The topological polar surface area (TPSA) is 38.0 Å². The molecule has 0 radical (unpaired) electrons. The van der Waals surface area contributed by atoms with Gasteiger partial charge >= 0.3 is 0 Å². The Labute approximate surface area is 104 Å². The Morgan fingerprint density at radius 1 is 1.33 bits per heavy atom. The van der Waals surface area contributed by atoms with Crippen LogP contribution in [0, 0.1) is 0 Å². The summed E-state index contributed by atoms with van der Waals surface area (Å²) in [6.45, 7) is 0. The van der Waals surface area contributed by atoms with Crippen molar-refractivity contribution >= 4 is 27.5 Å². The lowest BCUT2D eigenvalue weighted by molar-refractivity contribution is 0.487. The summed E-state index contributed by atoms with van der Waals surface area (Å²) in [7, 11) is 0. The number of hydrogen-bond donors (Lipinski definition) is 2. The van der Waals surface area contributed by atoms with Gasteiger partial charge in [0, 0.05) is 16.4 Å². The molecule has 2 nitrogen and oxygen atoms in total. The molecule has 3 N–H and O–H groups in total. The third-order valence-electron chi connectivity index (χ3n) is 2.32. The van der Waals surface area contributed by atoms with Gasteiger partial charge < -0.3 is 0 Å². The average Bonchev–Trinajstić information content (AvgIpc) is 2.27. The second kappa shape index (κ2) is 7.23. The van der Waals surface area contributed by atoms with Crippen molar-refractivity contribution in [1.29, 1.82) is 0 Å². The molecule has 0 saturated heterocycles. The summed E-state index contributed by atoms with van der Waals surface area (Å²) in [6.07, 6.45) is 2.95. The lowest BCUT2D eigenvalue weighted by Crippen LogP contribution is -2.36. The Kier molecular flexibility index (Phi) is 6.25. The van der Waals surface area contributed by atoms with E-state index < -0.39 is 0 Å². The van der Waals surface area contributed by atoms with Gasteiger partial charge in [-0.25, -0.2) is 0 Å². The zero-order chi connectivity index (χ0) is 11.1. The number of alkyl halides is 1. The van der Waals surface area contributed by atoms with Crippen molar-refractivity contribution in [2.45, 2.75) is 25.3 Å². The highest BCUT2D eigenvalue weighted by Crippen LogP contribution is 2.13. The first-order valence-corrected chi connectivity index (χ1v) is 6.35. The minimum atomic E-state index is 0.310. The Morgan fingerprint density at radius 2 is 2.00 bits per heavy atom. The molecular weight excluding hydrogens is 275 g/mol. The van der Waals surface area contributed by atoms with Crippen LogP contribution < -0.4 is 11.3 Å². The predicted octanol–water partition coefficient (Wildman–Crippen LogP) is 2.84. The molecule has 4 heteroatoms. The molecule has 0 amide bonds. The second-order valence-electron chi connectivity index (χ2n) is 3.53. The summed E-state index contributed by atoms with van der Waals surface area (Å²) in [5.41, 5.74) is 4.12. The Balaban J connectivity index is 2.47. The maximum absolute atomic E-state index is 5.65. The fourth-order valence-corrected chi connectivity index (χ4v) is 1.89. The molecule has 1 rings (SSSR count). The minimum Gasteiger partial charge on any atom is -0.271 e. The van der Waals surface area contributed by atoms with Crippen molar-refractivity contribution < 1.29 is 0 Å². The highest BCUT2D eigenvalue weighted by molar-refractivity contribution is 9.10. The third-order valence-corrected chi connectivity index (χ3v) is 3.11. The van der Waals surface area contributed by atoms with E-state index in [0.29, 0.717) is 11.9 Å². The number of benzene rings is 1. The van der Waals surface area contributed by atoms with E-state index in [1.54, 1.807) is 0 Å². The van der Waals surface area contributed by atoms with E-state index in [9.17, 15) is 0 Å². The van der Waals surface area contributed by atoms with Crippen LogP contribution in [0.1, 0.15) is 18.4 Å². The molecule has 1 atom stereocenters. The number of rotatable bonds is 6. The van der Waals surface area contributed by atoms with Crippen molar-refractivity contribution in [2.24, 2.45) is 5.84 Å². The molecule has 15 heavy (non-hydrogen) atoms. The first-order valence-electron chi connectivity index (χ1n) is 5.03. The van der Waals surface area contributed by atoms with E-state index in [1.165, 1.54) is 5.56 Å². The van der Waals surface area contributed by atoms with Gasteiger partial charge in [-0.3, -0.25) is 11.3 Å². The molecule has 0 fully saturated rings. The van der Waals surface area contributed by atoms with Crippen LogP contribution in [-0.4, -0.2) is 11.9 Å². The molecule has 0 aliphatic heterocycles. The number of nitrogens with two attached hydrogens (primary N) is 1. The molecule has 0 bridgehead atoms. The molecule has 0 aliphatic rings. The summed E-state index contributed by atoms with van der Waals surface area (Å²) in [6, 6.07) is 8.61. The summed E-state index contributed by atoms with van der Waals surface area (Å²) >= 11 is 9.06. The van der Waals surface area contributed by atoms with Crippen molar-refractivity contribution in [2.75, 3.05) is 5.88 Å². The molecule has 0 aliphatic carbocycles. The summed E-state index contributed by atoms with van der Waals surface area (Å²) in [4.78, 5) is 0. The van der Waals surface area contributed by atoms with Gasteiger partial charge in [0.2, 0.25) is 0 Å². The van der Waals surface area contributed by atoms with Gasteiger partial charge in [-0.05, 0) is 37.0 Å². The van der Waals surface area contributed by atoms with E-state index in [4.69, 9.17) is 17.4 Å². The maximum Gasteiger partial charge on any atom is 0.0251 e. The van der Waals surface area contributed by atoms with Gasteiger partial charge in [-0.1, -0.05) is 28.1 Å². The molecule has 0 heterocycles. The quantitative estimate of drug-likeness (QED) is 0.480. The van der Waals surface area contributed by atoms with Gasteiger partial charge in [0.05, 0.1) is 0 Å². The number of hydrazine groups is 1. The molecular formula is C11H16BrClN2. The Hall–Kier alpha value is -0.0900. The van der Waals surface area contributed by atoms with Crippen LogP contribution in [-0.2, 0) is 6.42 Å². The molecule has 84 valence electrons. The summed E-state index contributed by atoms with van der Waals surface area (Å²) < 4.78 is 1.10. The lowest BCUT2D eigenvalue weighted by Gasteiger charge is -2.15. The largest absolute Gasteiger partial charge is 0.271 e. The van der Waals surface area contributed by atoms with Gasteiger partial charge in [0.15, 0.2) is 0 Å². The minimum absolute atomic E-state index is 0.310. The van der Waals surface area contributed by atoms with Crippen LogP contribution >= 0.6 is 27.5 Å². The van der Waals surface area contributed by atoms with Crippen LogP contribution in [0.5, 0.6) is 0 Å². The Bertz CT molecular complexity index is 276. The molecule has 1 unspecified atom stereocenters. The van der Waals surface area contributed by atoms with Crippen LogP contribution in [0.4, 0.5) is 0 Å². The van der Waals surface area contributed by atoms with Gasteiger partial charge in [-0.15, -0.1) is 11.6 Å². The van der Waals surface area contributed by atoms with E-state index >= 15 is 0 Å². The standard InChI is InChI=1S/C11H16BrClN2/c12-10-5-3-9(4-6-10)8-11(15-14)2-1-7-13/h3-6,11,15H,1-2,7-8,14H2. The zero-order valence-electron chi connectivity index (χ0n) is 8.55. The molecule has 0 aromatic heterocycles. The van der Waals surface area contributed by atoms with E-state index in [-0.39, 0.29) is 0 Å². The van der Waals surface area contributed by atoms with E-state index in [0.717, 1.165) is 23.7 Å². The molecule has 0 spiro atoms. The van der Waals surface area contributed by atoms with Crippen LogP contribution in [0.25, 0.3) is 0 Å². The maximum atomic E-state index is 5.65. The van der Waals surface area contributed by atoms with Crippen molar-refractivity contribution in [3.63, 3.8) is 0 Å². The number of hydrogen-bond acceptors (Lipinski definition) is 2. The zero-order valence-corrected chi connectivity index (χ0v) is 10.9. The summed E-state index contributed by atoms with van der Waals surface area (Å²) in [5, 5.41) is 0. The molecule has 0 saturated carbocycles. The molecule has 1 aromatic carbocycles. The van der Waals surface area contributed by atoms with E-state index in [2.05, 4.69) is 33.5 Å². The highest BCUT2D eigenvalue weighted by Gasteiger charge is 2.06. The van der Waals surface area contributed by atoms with Crippen LogP contribution in [0.15, 0.2) is 28.7 Å². The fraction of sp³-hybridized carbons (Fsp3) is 0.455. The third kappa shape index (κ3) is 4.98. The second-order valence-corrected chi connectivity index (χ2v) is 4.82. The van der Waals surface area contributed by atoms with Crippen LogP contribution in [0.3, 0.4) is 0 Å². The summed E-state index contributed by atoms with van der Waals surface area (Å²) in [5.74, 6) is 6.18. The highest BCUT2D eigenvalue weighted by atomic mass is 79.9. The normalized spacial score (nSPS) is 12.7. The fourth-order valence-electron chi connectivity index (χ4n) is 1.47. The smallest absolute Gasteiger partial charge is 0.0251 e. The van der Waals surface area contributed by atoms with Gasteiger partial charge in [-0.2, -0.15) is 0 Å². The average molecular weight is 292 g/mol. The number of nitrogens with one attached hydrogen (secondary N) is 1. The lowest BCUT2D eigenvalue weighted by atomic mass is 10.0.